The minimum atomic E-state index is 0.301. The zero-order chi connectivity index (χ0) is 13.4. The van der Waals surface area contributed by atoms with Gasteiger partial charge in [0.2, 0.25) is 5.91 Å². The van der Waals surface area contributed by atoms with Gasteiger partial charge in [-0.2, -0.15) is 0 Å². The fraction of sp³-hybridized carbons (Fsp3) is 0.500. The molecule has 102 valence electrons. The first-order chi connectivity index (χ1) is 9.16. The van der Waals surface area contributed by atoms with E-state index in [2.05, 4.69) is 4.90 Å². The molecule has 0 radical (unpaired) electrons. The molecule has 0 aromatic heterocycles. The van der Waals surface area contributed by atoms with Gasteiger partial charge in [-0.3, -0.25) is 4.79 Å². The van der Waals surface area contributed by atoms with Crippen molar-refractivity contribution < 1.29 is 4.79 Å². The average molecular weight is 299 g/mol. The molecule has 1 aliphatic carbocycles. The van der Waals surface area contributed by atoms with Gasteiger partial charge in [0.15, 0.2) is 0 Å². The molecule has 1 aliphatic heterocycles. The largest absolute Gasteiger partial charge is 0.366 e. The van der Waals surface area contributed by atoms with Gasteiger partial charge in [-0.25, -0.2) is 0 Å². The molecular formula is C14H16Cl2N2O. The van der Waals surface area contributed by atoms with E-state index in [1.807, 2.05) is 23.1 Å². The van der Waals surface area contributed by atoms with Gasteiger partial charge in [0.05, 0.1) is 15.7 Å². The van der Waals surface area contributed by atoms with E-state index in [-0.39, 0.29) is 0 Å². The Balaban J connectivity index is 1.68. The van der Waals surface area contributed by atoms with Gasteiger partial charge in [0, 0.05) is 32.1 Å². The zero-order valence-electron chi connectivity index (χ0n) is 10.6. The molecule has 5 heteroatoms. The highest BCUT2D eigenvalue weighted by atomic mass is 35.5. The third-order valence-electron chi connectivity index (χ3n) is 3.77. The molecule has 0 atom stereocenters. The number of halogens is 2. The number of rotatable bonds is 2. The predicted molar refractivity (Wildman–Crippen MR) is 78.0 cm³/mol. The number of hydrogen-bond acceptors (Lipinski definition) is 2. The normalized spacial score (nSPS) is 19.7. The quantitative estimate of drug-likeness (QED) is 0.838. The van der Waals surface area contributed by atoms with Crippen LogP contribution in [0.1, 0.15) is 12.8 Å². The van der Waals surface area contributed by atoms with Crippen molar-refractivity contribution in [3.05, 3.63) is 28.2 Å². The van der Waals surface area contributed by atoms with Crippen LogP contribution in [0.5, 0.6) is 0 Å². The molecule has 1 saturated heterocycles. The summed E-state index contributed by atoms with van der Waals surface area (Å²) < 4.78 is 0. The Morgan fingerprint density at radius 3 is 2.16 bits per heavy atom. The van der Waals surface area contributed by atoms with Crippen LogP contribution in [0.3, 0.4) is 0 Å². The molecule has 1 saturated carbocycles. The minimum Gasteiger partial charge on any atom is -0.366 e. The number of amides is 1. The number of carbonyl (C=O) groups is 1. The van der Waals surface area contributed by atoms with E-state index in [1.54, 1.807) is 0 Å². The lowest BCUT2D eigenvalue weighted by Gasteiger charge is -2.37. The first-order valence-corrected chi connectivity index (χ1v) is 7.40. The first-order valence-electron chi connectivity index (χ1n) is 6.64. The van der Waals surface area contributed by atoms with Crippen LogP contribution in [0.15, 0.2) is 18.2 Å². The molecule has 3 nitrogen and oxygen atoms in total. The second kappa shape index (κ2) is 5.22. The Bertz CT molecular complexity index is 474. The topological polar surface area (TPSA) is 23.6 Å². The molecule has 3 rings (SSSR count). The lowest BCUT2D eigenvalue weighted by atomic mass is 10.2. The number of para-hydroxylation sites is 1. The molecule has 0 N–H and O–H groups in total. The summed E-state index contributed by atoms with van der Waals surface area (Å²) in [6.45, 7) is 3.11. The van der Waals surface area contributed by atoms with Crippen molar-refractivity contribution in [1.82, 2.24) is 4.90 Å². The van der Waals surface area contributed by atoms with Crippen LogP contribution in [-0.4, -0.2) is 37.0 Å². The van der Waals surface area contributed by atoms with Crippen molar-refractivity contribution in [3.8, 4) is 0 Å². The van der Waals surface area contributed by atoms with Crippen LogP contribution < -0.4 is 4.90 Å². The Hall–Kier alpha value is -0.930. The molecule has 0 bridgehead atoms. The summed E-state index contributed by atoms with van der Waals surface area (Å²) in [5.41, 5.74) is 0.893. The third-order valence-corrected chi connectivity index (χ3v) is 4.38. The fourth-order valence-electron chi connectivity index (χ4n) is 2.53. The van der Waals surface area contributed by atoms with Gasteiger partial charge >= 0.3 is 0 Å². The summed E-state index contributed by atoms with van der Waals surface area (Å²) >= 11 is 12.4. The summed E-state index contributed by atoms with van der Waals surface area (Å²) in [6, 6.07) is 5.55. The first kappa shape index (κ1) is 13.1. The Morgan fingerprint density at radius 2 is 1.63 bits per heavy atom. The summed E-state index contributed by atoms with van der Waals surface area (Å²) in [5, 5.41) is 1.35. The van der Waals surface area contributed by atoms with Gasteiger partial charge in [0.25, 0.3) is 0 Å². The molecule has 1 aromatic carbocycles. The summed E-state index contributed by atoms with van der Waals surface area (Å²) in [6.07, 6.45) is 2.13. The molecule has 19 heavy (non-hydrogen) atoms. The smallest absolute Gasteiger partial charge is 0.225 e. The van der Waals surface area contributed by atoms with Gasteiger partial charge in [-0.05, 0) is 25.0 Å². The monoisotopic (exact) mass is 298 g/mol. The van der Waals surface area contributed by atoms with Crippen LogP contribution in [0.2, 0.25) is 10.0 Å². The Kier molecular flexibility index (Phi) is 3.59. The fourth-order valence-corrected chi connectivity index (χ4v) is 3.17. The van der Waals surface area contributed by atoms with Crippen molar-refractivity contribution >= 4 is 34.8 Å². The van der Waals surface area contributed by atoms with Gasteiger partial charge in [-0.15, -0.1) is 0 Å². The van der Waals surface area contributed by atoms with E-state index < -0.39 is 0 Å². The van der Waals surface area contributed by atoms with Gasteiger partial charge in [0.1, 0.15) is 0 Å². The second-order valence-electron chi connectivity index (χ2n) is 5.16. The molecule has 1 amide bonds. The number of nitrogens with zero attached hydrogens (tertiary/aromatic N) is 2. The molecule has 1 aromatic rings. The van der Waals surface area contributed by atoms with E-state index in [9.17, 15) is 4.79 Å². The van der Waals surface area contributed by atoms with Crippen molar-refractivity contribution in [1.29, 1.82) is 0 Å². The number of piperazine rings is 1. The van der Waals surface area contributed by atoms with E-state index >= 15 is 0 Å². The van der Waals surface area contributed by atoms with Crippen molar-refractivity contribution in [2.45, 2.75) is 12.8 Å². The second-order valence-corrected chi connectivity index (χ2v) is 5.97. The van der Waals surface area contributed by atoms with E-state index in [0.29, 0.717) is 21.9 Å². The van der Waals surface area contributed by atoms with Crippen molar-refractivity contribution in [2.24, 2.45) is 5.92 Å². The maximum Gasteiger partial charge on any atom is 0.225 e. The van der Waals surface area contributed by atoms with Crippen molar-refractivity contribution in [3.63, 3.8) is 0 Å². The highest BCUT2D eigenvalue weighted by Crippen LogP contribution is 2.35. The number of hydrogen-bond donors (Lipinski definition) is 0. The summed E-state index contributed by atoms with van der Waals surface area (Å²) in [4.78, 5) is 16.1. The maximum atomic E-state index is 12.0. The summed E-state index contributed by atoms with van der Waals surface area (Å²) in [5.74, 6) is 0.625. The average Bonchev–Trinajstić information content (AvgIpc) is 3.23. The van der Waals surface area contributed by atoms with E-state index in [4.69, 9.17) is 23.2 Å². The lowest BCUT2D eigenvalue weighted by Crippen LogP contribution is -2.49. The number of carbonyl (C=O) groups excluding carboxylic acids is 1. The number of anilines is 1. The Labute approximate surface area is 123 Å². The van der Waals surface area contributed by atoms with Crippen LogP contribution >= 0.6 is 23.2 Å². The third kappa shape index (κ3) is 2.67. The molecule has 0 spiro atoms. The standard InChI is InChI=1S/C14H16Cl2N2O/c15-11-2-1-3-12(16)13(11)17-6-8-18(9-7-17)14(19)10-4-5-10/h1-3,10H,4-9H2. The van der Waals surface area contributed by atoms with Crippen molar-refractivity contribution in [2.75, 3.05) is 31.1 Å². The molecule has 2 aliphatic rings. The van der Waals surface area contributed by atoms with Crippen LogP contribution in [-0.2, 0) is 4.79 Å². The van der Waals surface area contributed by atoms with Gasteiger partial charge < -0.3 is 9.80 Å². The van der Waals surface area contributed by atoms with Crippen LogP contribution in [0.4, 0.5) is 5.69 Å². The van der Waals surface area contributed by atoms with E-state index in [0.717, 1.165) is 44.7 Å². The molecule has 1 heterocycles. The SMILES string of the molecule is O=C(C1CC1)N1CCN(c2c(Cl)cccc2Cl)CC1. The van der Waals surface area contributed by atoms with Crippen LogP contribution in [0, 0.1) is 5.92 Å². The lowest BCUT2D eigenvalue weighted by molar-refractivity contribution is -0.132. The molecular weight excluding hydrogens is 283 g/mol. The molecule has 2 fully saturated rings. The minimum absolute atomic E-state index is 0.301. The van der Waals surface area contributed by atoms with E-state index in [1.165, 1.54) is 0 Å². The highest BCUT2D eigenvalue weighted by Gasteiger charge is 2.34. The predicted octanol–water partition coefficient (Wildman–Crippen LogP) is 3.05. The Morgan fingerprint density at radius 1 is 1.05 bits per heavy atom. The highest BCUT2D eigenvalue weighted by molar-refractivity contribution is 6.39. The maximum absolute atomic E-state index is 12.0. The van der Waals surface area contributed by atoms with Crippen LogP contribution in [0.25, 0.3) is 0 Å². The summed E-state index contributed by atoms with van der Waals surface area (Å²) in [7, 11) is 0. The zero-order valence-corrected chi connectivity index (χ0v) is 12.1. The molecule has 0 unspecified atom stereocenters. The number of benzene rings is 1. The van der Waals surface area contributed by atoms with Gasteiger partial charge in [-0.1, -0.05) is 29.3 Å².